The molecular formula is C44H72N4O10Si2. The van der Waals surface area contributed by atoms with Gasteiger partial charge < -0.3 is 48.4 Å². The van der Waals surface area contributed by atoms with Crippen molar-refractivity contribution >= 4 is 45.9 Å². The smallest absolute Gasteiger partial charge is 0.409 e. The Kier molecular flexibility index (Phi) is 16.4. The van der Waals surface area contributed by atoms with E-state index in [1.165, 1.54) is 13.2 Å². The molecule has 2 saturated heterocycles. The maximum atomic E-state index is 14.0. The molecule has 60 heavy (non-hydrogen) atoms. The average molecular weight is 873 g/mol. The monoisotopic (exact) mass is 872 g/mol. The number of ether oxygens (including phenoxy) is 4. The van der Waals surface area contributed by atoms with E-state index in [2.05, 4.69) is 73.0 Å². The van der Waals surface area contributed by atoms with Crippen molar-refractivity contribution in [1.82, 2.24) is 9.80 Å². The Morgan fingerprint density at radius 2 is 1.13 bits per heavy atom. The summed E-state index contributed by atoms with van der Waals surface area (Å²) in [4.78, 5) is 43.3. The number of amides is 3. The molecule has 0 unspecified atom stereocenters. The highest BCUT2D eigenvalue weighted by Crippen LogP contribution is 2.40. The van der Waals surface area contributed by atoms with Gasteiger partial charge in [0.25, 0.3) is 11.8 Å². The number of carbonyl (C=O) groups is 3. The van der Waals surface area contributed by atoms with Gasteiger partial charge >= 0.3 is 6.09 Å². The summed E-state index contributed by atoms with van der Waals surface area (Å²) in [5.74, 6) is 1.13. The molecule has 2 heterocycles. The average Bonchev–Trinajstić information content (AvgIpc) is 3.84. The van der Waals surface area contributed by atoms with Crippen molar-refractivity contribution in [3.8, 4) is 23.0 Å². The van der Waals surface area contributed by atoms with Crippen LogP contribution in [0.2, 0.25) is 36.3 Å². The van der Waals surface area contributed by atoms with Gasteiger partial charge in [-0.25, -0.2) is 4.79 Å². The van der Waals surface area contributed by atoms with Gasteiger partial charge in [0.15, 0.2) is 39.6 Å². The summed E-state index contributed by atoms with van der Waals surface area (Å²) in [5, 5.41) is 12.2. The van der Waals surface area contributed by atoms with E-state index in [0.717, 1.165) is 32.1 Å². The van der Waals surface area contributed by atoms with Gasteiger partial charge in [0.05, 0.1) is 69.5 Å². The second-order valence-electron chi connectivity index (χ2n) is 19.1. The summed E-state index contributed by atoms with van der Waals surface area (Å²) in [6.45, 7) is 24.9. The van der Waals surface area contributed by atoms with E-state index < -0.39 is 22.7 Å². The lowest BCUT2D eigenvalue weighted by atomic mass is 10.1. The molecule has 3 amide bonds. The Balaban J connectivity index is 1.32. The zero-order valence-electron chi connectivity index (χ0n) is 38.2. The first-order valence-corrected chi connectivity index (χ1v) is 27.2. The molecule has 0 spiro atoms. The van der Waals surface area contributed by atoms with E-state index in [9.17, 15) is 19.5 Å². The lowest BCUT2D eigenvalue weighted by Crippen LogP contribution is -2.46. The van der Waals surface area contributed by atoms with Crippen molar-refractivity contribution in [2.45, 2.75) is 135 Å². The van der Waals surface area contributed by atoms with Crippen LogP contribution in [0.1, 0.15) is 107 Å². The molecule has 2 aliphatic heterocycles. The minimum atomic E-state index is -2.03. The molecule has 4 N–H and O–H groups in total. The molecule has 0 saturated carbocycles. The Hall–Kier alpha value is -4.00. The molecule has 4 rings (SSSR count). The Labute approximate surface area is 360 Å². The third-order valence-corrected chi connectivity index (χ3v) is 21.8. The summed E-state index contributed by atoms with van der Waals surface area (Å²) in [7, 11) is -0.970. The molecule has 14 nitrogen and oxygen atoms in total. The number of hydrogen-bond donors (Lipinski definition) is 3. The maximum absolute atomic E-state index is 14.0. The van der Waals surface area contributed by atoms with Gasteiger partial charge in [-0.15, -0.1) is 0 Å². The summed E-state index contributed by atoms with van der Waals surface area (Å²) >= 11 is 0. The predicted octanol–water partition coefficient (Wildman–Crippen LogP) is 9.26. The minimum Gasteiger partial charge on any atom is -0.493 e. The van der Waals surface area contributed by atoms with Crippen molar-refractivity contribution in [2.24, 2.45) is 0 Å². The van der Waals surface area contributed by atoms with E-state index in [0.29, 0.717) is 86.6 Å². The third kappa shape index (κ3) is 12.1. The second-order valence-corrected chi connectivity index (χ2v) is 28.7. The maximum Gasteiger partial charge on any atom is 0.409 e. The fraction of sp³-hybridized carbons (Fsp3) is 0.659. The van der Waals surface area contributed by atoms with Crippen molar-refractivity contribution in [1.29, 1.82) is 0 Å². The largest absolute Gasteiger partial charge is 0.493 e. The van der Waals surface area contributed by atoms with E-state index >= 15 is 0 Å². The van der Waals surface area contributed by atoms with Gasteiger partial charge in [-0.2, -0.15) is 0 Å². The highest BCUT2D eigenvalue weighted by Gasteiger charge is 2.41. The van der Waals surface area contributed by atoms with Crippen LogP contribution in [0.5, 0.6) is 23.0 Å². The van der Waals surface area contributed by atoms with Crippen LogP contribution in [0.4, 0.5) is 16.2 Å². The molecule has 2 aromatic rings. The molecule has 0 radical (unpaired) electrons. The zero-order chi connectivity index (χ0) is 44.6. The number of carbonyl (C=O) groups excluding carboxylic acids is 2. The number of anilines is 2. The number of nitrogens with zero attached hydrogens (tertiary/aromatic N) is 2. The number of benzene rings is 2. The Morgan fingerprint density at radius 3 is 1.57 bits per heavy atom. The molecule has 2 aromatic carbocycles. The summed E-state index contributed by atoms with van der Waals surface area (Å²) in [5.41, 5.74) is 7.49. The number of nitrogens with two attached hydrogens (primary N) is 1. The van der Waals surface area contributed by atoms with Gasteiger partial charge in [-0.1, -0.05) is 41.5 Å². The van der Waals surface area contributed by atoms with Crippen LogP contribution in [0.15, 0.2) is 24.3 Å². The molecule has 0 aliphatic carbocycles. The van der Waals surface area contributed by atoms with E-state index in [1.54, 1.807) is 30.2 Å². The number of likely N-dealkylation sites (tertiary alicyclic amines) is 2. The van der Waals surface area contributed by atoms with E-state index in [1.807, 2.05) is 4.90 Å². The Bertz CT molecular complexity index is 1810. The number of nitrogen functional groups attached to an aromatic ring is 1. The zero-order valence-corrected chi connectivity index (χ0v) is 40.2. The second kappa shape index (κ2) is 20.2. The van der Waals surface area contributed by atoms with Crippen molar-refractivity contribution in [3.63, 3.8) is 0 Å². The van der Waals surface area contributed by atoms with Crippen molar-refractivity contribution < 1.29 is 47.3 Å². The lowest BCUT2D eigenvalue weighted by molar-refractivity contribution is 0.0678. The normalized spacial score (nSPS) is 17.5. The molecule has 2 atom stereocenters. The molecule has 0 bridgehead atoms. The Morgan fingerprint density at radius 1 is 0.700 bits per heavy atom. The van der Waals surface area contributed by atoms with Gasteiger partial charge in [0, 0.05) is 30.9 Å². The minimum absolute atomic E-state index is 0.00345. The first-order valence-electron chi connectivity index (χ1n) is 21.4. The van der Waals surface area contributed by atoms with Gasteiger partial charge in [-0.3, -0.25) is 14.9 Å². The number of rotatable bonds is 19. The van der Waals surface area contributed by atoms with Crippen LogP contribution < -0.4 is 30.0 Å². The van der Waals surface area contributed by atoms with Crippen LogP contribution in [0.25, 0.3) is 0 Å². The number of methoxy groups -OCH3 is 2. The third-order valence-electron chi connectivity index (χ3n) is 12.8. The van der Waals surface area contributed by atoms with Crippen LogP contribution >= 0.6 is 0 Å². The van der Waals surface area contributed by atoms with Gasteiger partial charge in [-0.05, 0) is 93.3 Å². The predicted molar refractivity (Wildman–Crippen MR) is 241 cm³/mol. The molecule has 16 heteroatoms. The lowest BCUT2D eigenvalue weighted by Gasteiger charge is -2.38. The van der Waals surface area contributed by atoms with Crippen LogP contribution in [-0.2, 0) is 8.85 Å². The summed E-state index contributed by atoms with van der Waals surface area (Å²) in [6.07, 6.45) is 4.29. The molecular weight excluding hydrogens is 801 g/mol. The fourth-order valence-corrected chi connectivity index (χ4v) is 8.99. The first kappa shape index (κ1) is 48.7. The molecule has 2 aliphatic rings. The summed E-state index contributed by atoms with van der Waals surface area (Å²) < 4.78 is 36.4. The number of nitrogens with one attached hydrogen (secondary N) is 1. The van der Waals surface area contributed by atoms with Crippen molar-refractivity contribution in [2.75, 3.05) is 64.8 Å². The number of hydrogen-bond acceptors (Lipinski definition) is 10. The van der Waals surface area contributed by atoms with Crippen LogP contribution in [0.3, 0.4) is 0 Å². The topological polar surface area (TPSA) is 171 Å². The SMILES string of the molecule is COc1cc(C(=O)N2CCC[C@H]2CO[Si](C)(C)C(C)(C)C)c(N)cc1OCCCCCOc1cc(NC(=O)O)c(C(=O)N2CCC[C@H]2CO[Si](C)(C)C(C)(C)C)cc1OC. The van der Waals surface area contributed by atoms with Crippen LogP contribution in [-0.4, -0.2) is 115 Å². The molecule has 2 fully saturated rings. The van der Waals surface area contributed by atoms with E-state index in [4.69, 9.17) is 33.5 Å². The number of unbranched alkanes of at least 4 members (excludes halogenated alkanes) is 2. The summed E-state index contributed by atoms with van der Waals surface area (Å²) in [6, 6.07) is 6.27. The van der Waals surface area contributed by atoms with Crippen molar-refractivity contribution in [3.05, 3.63) is 35.4 Å². The molecule has 336 valence electrons. The standard InChI is InChI=1S/C44H72N4O10Si2/c1-43(2,3)59(9,10)57-28-30-18-16-20-47(30)40(49)32-24-36(53-7)38(26-34(32)45)55-22-14-13-15-23-56-39-27-35(46-42(51)52)33(25-37(39)54-8)41(50)48-21-17-19-31(48)29-58-60(11,12)44(4,5)6/h24-27,30-31,46H,13-23,28-29,45H2,1-12H3,(H,51,52)/t30-,31-/m0/s1. The van der Waals surface area contributed by atoms with Gasteiger partial charge in [0.1, 0.15) is 0 Å². The highest BCUT2D eigenvalue weighted by atomic mass is 28.4. The van der Waals surface area contributed by atoms with Crippen LogP contribution in [0, 0.1) is 0 Å². The molecule has 0 aromatic heterocycles. The van der Waals surface area contributed by atoms with E-state index in [-0.39, 0.29) is 45.2 Å². The number of carboxylic acid groups (broad SMARTS) is 1. The highest BCUT2D eigenvalue weighted by molar-refractivity contribution is 6.74. The first-order chi connectivity index (χ1) is 28.0. The quantitative estimate of drug-likeness (QED) is 0.0698. The fourth-order valence-electron chi connectivity index (χ4n) is 6.91. The van der Waals surface area contributed by atoms with Gasteiger partial charge in [0.2, 0.25) is 0 Å².